The molecule has 6 heteroatoms. The predicted octanol–water partition coefficient (Wildman–Crippen LogP) is 1.48. The molecule has 1 aromatic rings. The molecule has 21 heavy (non-hydrogen) atoms. The molecule has 0 aliphatic carbocycles. The van der Waals surface area contributed by atoms with Crippen molar-refractivity contribution in [3.63, 3.8) is 0 Å². The van der Waals surface area contributed by atoms with Crippen LogP contribution in [-0.2, 0) is 9.59 Å². The van der Waals surface area contributed by atoms with Crippen LogP contribution in [0.15, 0.2) is 24.3 Å². The van der Waals surface area contributed by atoms with Gasteiger partial charge in [0.05, 0.1) is 19.1 Å². The Balaban J connectivity index is 0.00000400. The van der Waals surface area contributed by atoms with Crippen LogP contribution in [0.5, 0.6) is 0 Å². The van der Waals surface area contributed by atoms with Crippen LogP contribution >= 0.6 is 12.4 Å². The minimum absolute atomic E-state index is 0. The number of nitrogens with two attached hydrogens (primary N) is 1. The predicted molar refractivity (Wildman–Crippen MR) is 86.4 cm³/mol. The monoisotopic (exact) mass is 313 g/mol. The summed E-state index contributed by atoms with van der Waals surface area (Å²) in [6.45, 7) is 6.03. The SMILES string of the molecule is CC(C)c1ccc(C(C)NC(=O)CNC(=O)CN)cc1.Cl. The summed E-state index contributed by atoms with van der Waals surface area (Å²) in [4.78, 5) is 22.6. The van der Waals surface area contributed by atoms with Crippen molar-refractivity contribution in [3.05, 3.63) is 35.4 Å². The van der Waals surface area contributed by atoms with Crippen molar-refractivity contribution in [2.24, 2.45) is 5.73 Å². The van der Waals surface area contributed by atoms with E-state index in [4.69, 9.17) is 5.73 Å². The van der Waals surface area contributed by atoms with Gasteiger partial charge in [-0.25, -0.2) is 0 Å². The molecule has 118 valence electrons. The average Bonchev–Trinajstić information content (AvgIpc) is 2.44. The molecule has 0 aliphatic rings. The van der Waals surface area contributed by atoms with Gasteiger partial charge in [0, 0.05) is 0 Å². The molecule has 0 saturated heterocycles. The Kier molecular flexibility index (Phi) is 8.66. The Bertz CT molecular complexity index is 460. The summed E-state index contributed by atoms with van der Waals surface area (Å²) in [6, 6.07) is 8.06. The number of halogens is 1. The summed E-state index contributed by atoms with van der Waals surface area (Å²) in [6.07, 6.45) is 0. The molecule has 0 heterocycles. The number of nitrogens with one attached hydrogen (secondary N) is 2. The number of benzene rings is 1. The van der Waals surface area contributed by atoms with E-state index in [0.29, 0.717) is 5.92 Å². The van der Waals surface area contributed by atoms with Gasteiger partial charge in [-0.1, -0.05) is 38.1 Å². The maximum Gasteiger partial charge on any atom is 0.239 e. The zero-order valence-electron chi connectivity index (χ0n) is 12.7. The van der Waals surface area contributed by atoms with Gasteiger partial charge in [-0.15, -0.1) is 12.4 Å². The van der Waals surface area contributed by atoms with Crippen molar-refractivity contribution >= 4 is 24.2 Å². The van der Waals surface area contributed by atoms with E-state index >= 15 is 0 Å². The molecule has 1 aromatic carbocycles. The lowest BCUT2D eigenvalue weighted by Crippen LogP contribution is -2.40. The van der Waals surface area contributed by atoms with E-state index in [1.165, 1.54) is 5.56 Å². The highest BCUT2D eigenvalue weighted by molar-refractivity contribution is 5.85. The summed E-state index contributed by atoms with van der Waals surface area (Å²) < 4.78 is 0. The normalized spacial score (nSPS) is 11.5. The van der Waals surface area contributed by atoms with Crippen LogP contribution in [0.25, 0.3) is 0 Å². The first kappa shape index (κ1) is 19.4. The summed E-state index contributed by atoms with van der Waals surface area (Å²) >= 11 is 0. The minimum Gasteiger partial charge on any atom is -0.348 e. The van der Waals surface area contributed by atoms with Crippen LogP contribution in [0.3, 0.4) is 0 Å². The van der Waals surface area contributed by atoms with E-state index < -0.39 is 0 Å². The highest BCUT2D eigenvalue weighted by Crippen LogP contribution is 2.18. The maximum atomic E-state index is 11.7. The minimum atomic E-state index is -0.339. The second kappa shape index (κ2) is 9.37. The van der Waals surface area contributed by atoms with Crippen LogP contribution < -0.4 is 16.4 Å². The molecule has 0 fully saturated rings. The Morgan fingerprint density at radius 1 is 1.05 bits per heavy atom. The van der Waals surface area contributed by atoms with Crippen molar-refractivity contribution in [2.75, 3.05) is 13.1 Å². The molecule has 4 N–H and O–H groups in total. The van der Waals surface area contributed by atoms with Gasteiger partial charge < -0.3 is 16.4 Å². The van der Waals surface area contributed by atoms with E-state index in [1.807, 2.05) is 19.1 Å². The first-order chi connectivity index (χ1) is 9.43. The highest BCUT2D eigenvalue weighted by atomic mass is 35.5. The molecular weight excluding hydrogens is 290 g/mol. The fourth-order valence-electron chi connectivity index (χ4n) is 1.80. The van der Waals surface area contributed by atoms with E-state index in [1.54, 1.807) is 0 Å². The number of amides is 2. The number of rotatable bonds is 6. The van der Waals surface area contributed by atoms with Gasteiger partial charge in [-0.3, -0.25) is 9.59 Å². The van der Waals surface area contributed by atoms with Crippen molar-refractivity contribution in [2.45, 2.75) is 32.7 Å². The Morgan fingerprint density at radius 3 is 2.05 bits per heavy atom. The number of hydrogen-bond acceptors (Lipinski definition) is 3. The van der Waals surface area contributed by atoms with Crippen LogP contribution in [0, 0.1) is 0 Å². The quantitative estimate of drug-likeness (QED) is 0.744. The largest absolute Gasteiger partial charge is 0.348 e. The van der Waals surface area contributed by atoms with Crippen molar-refractivity contribution in [1.82, 2.24) is 10.6 Å². The van der Waals surface area contributed by atoms with Crippen molar-refractivity contribution in [3.8, 4) is 0 Å². The fourth-order valence-corrected chi connectivity index (χ4v) is 1.80. The smallest absolute Gasteiger partial charge is 0.239 e. The molecule has 0 saturated carbocycles. The summed E-state index contributed by atoms with van der Waals surface area (Å²) in [5.41, 5.74) is 7.45. The van der Waals surface area contributed by atoms with Gasteiger partial charge in [-0.05, 0) is 24.0 Å². The lowest BCUT2D eigenvalue weighted by molar-refractivity contribution is -0.125. The molecule has 0 radical (unpaired) electrons. The van der Waals surface area contributed by atoms with Gasteiger partial charge in [-0.2, -0.15) is 0 Å². The van der Waals surface area contributed by atoms with Crippen LogP contribution in [0.1, 0.15) is 43.9 Å². The molecule has 5 nitrogen and oxygen atoms in total. The van der Waals surface area contributed by atoms with Crippen molar-refractivity contribution < 1.29 is 9.59 Å². The van der Waals surface area contributed by atoms with Gasteiger partial charge in [0.25, 0.3) is 0 Å². The highest BCUT2D eigenvalue weighted by Gasteiger charge is 2.10. The number of carbonyl (C=O) groups is 2. The lowest BCUT2D eigenvalue weighted by Gasteiger charge is -2.15. The molecule has 0 spiro atoms. The molecule has 1 unspecified atom stereocenters. The second-order valence-electron chi connectivity index (χ2n) is 5.09. The molecule has 0 aliphatic heterocycles. The summed E-state index contributed by atoms with van der Waals surface area (Å²) in [5.74, 6) is -0.0817. The third-order valence-electron chi connectivity index (χ3n) is 3.11. The Hall–Kier alpha value is -1.59. The Labute approximate surface area is 132 Å². The standard InChI is InChI=1S/C15H23N3O2.ClH/c1-10(2)12-4-6-13(7-5-12)11(3)18-15(20)9-17-14(19)8-16;/h4-7,10-11H,8-9,16H2,1-3H3,(H,17,19)(H,18,20);1H. The third-order valence-corrected chi connectivity index (χ3v) is 3.11. The van der Waals surface area contributed by atoms with Gasteiger partial charge in [0.1, 0.15) is 0 Å². The molecule has 2 amide bonds. The van der Waals surface area contributed by atoms with Crippen LogP contribution in [-0.4, -0.2) is 24.9 Å². The van der Waals surface area contributed by atoms with Gasteiger partial charge >= 0.3 is 0 Å². The maximum absolute atomic E-state index is 11.7. The van der Waals surface area contributed by atoms with Gasteiger partial charge in [0.2, 0.25) is 11.8 Å². The topological polar surface area (TPSA) is 84.2 Å². The summed E-state index contributed by atoms with van der Waals surface area (Å²) in [5, 5.41) is 5.27. The van der Waals surface area contributed by atoms with E-state index in [-0.39, 0.29) is 43.4 Å². The van der Waals surface area contributed by atoms with E-state index in [2.05, 4.69) is 36.6 Å². The zero-order valence-corrected chi connectivity index (χ0v) is 13.5. The fraction of sp³-hybridized carbons (Fsp3) is 0.467. The Morgan fingerprint density at radius 2 is 1.57 bits per heavy atom. The zero-order chi connectivity index (χ0) is 15.1. The second-order valence-corrected chi connectivity index (χ2v) is 5.09. The van der Waals surface area contributed by atoms with Crippen molar-refractivity contribution in [1.29, 1.82) is 0 Å². The molecule has 0 bridgehead atoms. The van der Waals surface area contributed by atoms with Crippen LogP contribution in [0.4, 0.5) is 0 Å². The summed E-state index contributed by atoms with van der Waals surface area (Å²) in [7, 11) is 0. The lowest BCUT2D eigenvalue weighted by atomic mass is 9.99. The number of carbonyl (C=O) groups excluding carboxylic acids is 2. The molecule has 1 rings (SSSR count). The molecule has 1 atom stereocenters. The third kappa shape index (κ3) is 6.60. The molecule has 0 aromatic heterocycles. The first-order valence-electron chi connectivity index (χ1n) is 6.80. The first-order valence-corrected chi connectivity index (χ1v) is 6.80. The molecular formula is C15H24ClN3O2. The average molecular weight is 314 g/mol. The number of hydrogen-bond donors (Lipinski definition) is 3. The van der Waals surface area contributed by atoms with E-state index in [0.717, 1.165) is 5.56 Å². The van der Waals surface area contributed by atoms with Gasteiger partial charge in [0.15, 0.2) is 0 Å². The van der Waals surface area contributed by atoms with Crippen LogP contribution in [0.2, 0.25) is 0 Å². The van der Waals surface area contributed by atoms with E-state index in [9.17, 15) is 9.59 Å².